The molecule has 0 radical (unpaired) electrons. The molecule has 0 unspecified atom stereocenters. The Morgan fingerprint density at radius 2 is 1.52 bits per heavy atom. The number of rotatable bonds is 4. The number of phenols is 2. The molecule has 1 amide bonds. The van der Waals surface area contributed by atoms with Crippen LogP contribution in [0.15, 0.2) is 53.6 Å². The Hall–Kier alpha value is -2.82. The summed E-state index contributed by atoms with van der Waals surface area (Å²) in [5, 5.41) is 23.5. The number of nitrogens with zero attached hydrogens (tertiary/aromatic N) is 1. The minimum Gasteiger partial charge on any atom is -0.507 e. The largest absolute Gasteiger partial charge is 0.507 e. The van der Waals surface area contributed by atoms with E-state index in [1.165, 1.54) is 12.1 Å². The second-order valence-electron chi connectivity index (χ2n) is 4.39. The van der Waals surface area contributed by atoms with E-state index in [4.69, 9.17) is 0 Å². The van der Waals surface area contributed by atoms with E-state index in [0.717, 1.165) is 0 Å². The van der Waals surface area contributed by atoms with E-state index < -0.39 is 5.91 Å². The molecule has 0 aliphatic heterocycles. The van der Waals surface area contributed by atoms with Crippen LogP contribution >= 0.6 is 0 Å². The molecule has 0 aliphatic rings. The first-order valence-electron chi connectivity index (χ1n) is 6.56. The van der Waals surface area contributed by atoms with E-state index in [2.05, 4.69) is 10.5 Å². The van der Waals surface area contributed by atoms with Crippen LogP contribution in [0.2, 0.25) is 0 Å². The van der Waals surface area contributed by atoms with Gasteiger partial charge in [0.05, 0.1) is 11.3 Å². The van der Waals surface area contributed by atoms with Gasteiger partial charge in [-0.15, -0.1) is 0 Å². The van der Waals surface area contributed by atoms with Crippen molar-refractivity contribution >= 4 is 11.6 Å². The van der Waals surface area contributed by atoms with Crippen LogP contribution in [-0.4, -0.2) is 21.8 Å². The Labute approximate surface area is 122 Å². The number of hydrogen-bond donors (Lipinski definition) is 3. The molecule has 0 saturated heterocycles. The van der Waals surface area contributed by atoms with Gasteiger partial charge in [-0.2, -0.15) is 5.10 Å². The predicted octanol–water partition coefficient (Wildman–Crippen LogP) is 2.64. The number of aromatic hydroxyl groups is 2. The zero-order chi connectivity index (χ0) is 15.2. The highest BCUT2D eigenvalue weighted by molar-refractivity contribution is 6.04. The first-order valence-corrected chi connectivity index (χ1v) is 6.56. The molecule has 3 N–H and O–H groups in total. The van der Waals surface area contributed by atoms with E-state index in [1.54, 1.807) is 36.4 Å². The van der Waals surface area contributed by atoms with Gasteiger partial charge in [0.1, 0.15) is 11.5 Å². The molecule has 2 rings (SSSR count). The van der Waals surface area contributed by atoms with E-state index in [0.29, 0.717) is 17.7 Å². The van der Waals surface area contributed by atoms with Crippen LogP contribution in [0.4, 0.5) is 0 Å². The number of carbonyl (C=O) groups excluding carboxylic acids is 1. The standard InChI is InChI=1S/C16H16N2O3/c1-2-13(11-7-3-5-9-14(11)19)17-18-16(21)12-8-4-6-10-15(12)20/h3-10,19-20H,2H2,1H3,(H,18,21). The lowest BCUT2D eigenvalue weighted by atomic mass is 10.1. The van der Waals surface area contributed by atoms with Crippen molar-refractivity contribution in [3.63, 3.8) is 0 Å². The smallest absolute Gasteiger partial charge is 0.275 e. The topological polar surface area (TPSA) is 81.9 Å². The van der Waals surface area contributed by atoms with Gasteiger partial charge >= 0.3 is 0 Å². The lowest BCUT2D eigenvalue weighted by Crippen LogP contribution is -2.20. The van der Waals surface area contributed by atoms with Crippen LogP contribution in [-0.2, 0) is 0 Å². The predicted molar refractivity (Wildman–Crippen MR) is 80.5 cm³/mol. The molecule has 0 fully saturated rings. The zero-order valence-electron chi connectivity index (χ0n) is 11.6. The van der Waals surface area contributed by atoms with E-state index in [-0.39, 0.29) is 17.1 Å². The highest BCUT2D eigenvalue weighted by Crippen LogP contribution is 2.18. The second kappa shape index (κ2) is 6.56. The van der Waals surface area contributed by atoms with Crippen LogP contribution in [0, 0.1) is 0 Å². The van der Waals surface area contributed by atoms with Crippen LogP contribution in [0.3, 0.4) is 0 Å². The summed E-state index contributed by atoms with van der Waals surface area (Å²) in [6.45, 7) is 1.87. The highest BCUT2D eigenvalue weighted by Gasteiger charge is 2.11. The maximum atomic E-state index is 12.0. The van der Waals surface area contributed by atoms with Gasteiger partial charge in [0.2, 0.25) is 0 Å². The Morgan fingerprint density at radius 3 is 2.05 bits per heavy atom. The number of hydrogen-bond acceptors (Lipinski definition) is 4. The fourth-order valence-corrected chi connectivity index (χ4v) is 1.89. The van der Waals surface area contributed by atoms with Crippen molar-refractivity contribution in [2.75, 3.05) is 0 Å². The molecule has 0 saturated carbocycles. The molecular formula is C16H16N2O3. The van der Waals surface area contributed by atoms with E-state index in [1.807, 2.05) is 6.92 Å². The third-order valence-corrected chi connectivity index (χ3v) is 2.99. The molecule has 108 valence electrons. The maximum Gasteiger partial charge on any atom is 0.275 e. The van der Waals surface area contributed by atoms with Crippen molar-refractivity contribution < 1.29 is 15.0 Å². The van der Waals surface area contributed by atoms with Crippen molar-refractivity contribution in [3.8, 4) is 11.5 Å². The highest BCUT2D eigenvalue weighted by atomic mass is 16.3. The molecule has 5 heteroatoms. The van der Waals surface area contributed by atoms with Crippen molar-refractivity contribution in [2.24, 2.45) is 5.10 Å². The normalized spacial score (nSPS) is 11.2. The molecule has 0 atom stereocenters. The monoisotopic (exact) mass is 284 g/mol. The van der Waals surface area contributed by atoms with E-state index >= 15 is 0 Å². The number of benzene rings is 2. The van der Waals surface area contributed by atoms with Gasteiger partial charge in [-0.25, -0.2) is 5.43 Å². The molecule has 0 heterocycles. The minimum atomic E-state index is -0.505. The number of nitrogens with one attached hydrogen (secondary N) is 1. The number of amides is 1. The van der Waals surface area contributed by atoms with Gasteiger partial charge in [-0.05, 0) is 30.7 Å². The van der Waals surface area contributed by atoms with Crippen LogP contribution in [0.25, 0.3) is 0 Å². The van der Waals surface area contributed by atoms with Gasteiger partial charge in [-0.3, -0.25) is 4.79 Å². The molecule has 0 aliphatic carbocycles. The summed E-state index contributed by atoms with van der Waals surface area (Å²) < 4.78 is 0. The number of carbonyl (C=O) groups is 1. The van der Waals surface area contributed by atoms with Crippen molar-refractivity contribution in [1.82, 2.24) is 5.43 Å². The molecule has 21 heavy (non-hydrogen) atoms. The molecule has 2 aromatic carbocycles. The van der Waals surface area contributed by atoms with Crippen LogP contribution < -0.4 is 5.43 Å². The van der Waals surface area contributed by atoms with Crippen molar-refractivity contribution in [1.29, 1.82) is 0 Å². The summed E-state index contributed by atoms with van der Waals surface area (Å²) in [6.07, 6.45) is 0.540. The van der Waals surface area contributed by atoms with Gasteiger partial charge in [0.15, 0.2) is 0 Å². The van der Waals surface area contributed by atoms with Crippen LogP contribution in [0.5, 0.6) is 11.5 Å². The molecule has 0 bridgehead atoms. The third-order valence-electron chi connectivity index (χ3n) is 2.99. The molecule has 5 nitrogen and oxygen atoms in total. The first-order chi connectivity index (χ1) is 10.1. The Kier molecular flexibility index (Phi) is 4.56. The Morgan fingerprint density at radius 1 is 1.00 bits per heavy atom. The van der Waals surface area contributed by atoms with Gasteiger partial charge in [-0.1, -0.05) is 31.2 Å². The fourth-order valence-electron chi connectivity index (χ4n) is 1.89. The first kappa shape index (κ1) is 14.6. The Balaban J connectivity index is 2.21. The van der Waals surface area contributed by atoms with Gasteiger partial charge in [0.25, 0.3) is 5.91 Å². The summed E-state index contributed by atoms with van der Waals surface area (Å²) in [5.74, 6) is -0.504. The van der Waals surface area contributed by atoms with E-state index in [9.17, 15) is 15.0 Å². The summed E-state index contributed by atoms with van der Waals surface area (Å²) in [6, 6.07) is 13.0. The van der Waals surface area contributed by atoms with Crippen LogP contribution in [0.1, 0.15) is 29.3 Å². The minimum absolute atomic E-state index is 0.106. The number of phenolic OH excluding ortho intramolecular Hbond substituents is 2. The molecule has 0 aromatic heterocycles. The number of hydrazone groups is 1. The number of para-hydroxylation sites is 2. The average Bonchev–Trinajstić information content (AvgIpc) is 2.49. The van der Waals surface area contributed by atoms with Crippen molar-refractivity contribution in [2.45, 2.75) is 13.3 Å². The summed E-state index contributed by atoms with van der Waals surface area (Å²) in [5.41, 5.74) is 3.66. The molecular weight excluding hydrogens is 268 g/mol. The fraction of sp³-hybridized carbons (Fsp3) is 0.125. The third kappa shape index (κ3) is 3.39. The SMILES string of the molecule is CCC(=NNC(=O)c1ccccc1O)c1ccccc1O. The van der Waals surface area contributed by atoms with Gasteiger partial charge < -0.3 is 10.2 Å². The average molecular weight is 284 g/mol. The Bertz CT molecular complexity index is 681. The second-order valence-corrected chi connectivity index (χ2v) is 4.39. The lowest BCUT2D eigenvalue weighted by Gasteiger charge is -2.07. The summed E-state index contributed by atoms with van der Waals surface area (Å²) in [4.78, 5) is 12.0. The quantitative estimate of drug-likeness (QED) is 0.596. The lowest BCUT2D eigenvalue weighted by molar-refractivity contribution is 0.0952. The van der Waals surface area contributed by atoms with Gasteiger partial charge in [0, 0.05) is 5.56 Å². The summed E-state index contributed by atoms with van der Waals surface area (Å²) >= 11 is 0. The zero-order valence-corrected chi connectivity index (χ0v) is 11.6. The maximum absolute atomic E-state index is 12.0. The molecule has 2 aromatic rings. The summed E-state index contributed by atoms with van der Waals surface area (Å²) in [7, 11) is 0. The molecule has 0 spiro atoms. The van der Waals surface area contributed by atoms with Crippen molar-refractivity contribution in [3.05, 3.63) is 59.7 Å².